The third-order valence-corrected chi connectivity index (χ3v) is 1.40. The van der Waals surface area contributed by atoms with Crippen LogP contribution < -0.4 is 0 Å². The molecular formula is C10H15B. The minimum Gasteiger partial charge on any atom is -0.135 e. The normalized spacial score (nSPS) is 11.3. The molecule has 0 aliphatic rings. The van der Waals surface area contributed by atoms with Gasteiger partial charge in [-0.05, 0) is 25.7 Å². The number of unbranched alkanes of at least 4 members (excludes halogenated alkanes) is 3. The zero-order valence-corrected chi connectivity index (χ0v) is 7.00. The third kappa shape index (κ3) is 9.28. The Kier molecular flexibility index (Phi) is 8.68. The summed E-state index contributed by atoms with van der Waals surface area (Å²) in [6.45, 7) is 3.59. The molecule has 0 heterocycles. The van der Waals surface area contributed by atoms with Gasteiger partial charge in [-0.15, -0.1) is 5.98 Å². The standard InChI is InChI=1S/C10H15B/c1-2-3-4-5-6-7-8-9-10-11/h2-4,9-10H,1,5-8H2. The molecular weight excluding hydrogens is 131 g/mol. The molecule has 0 bridgehead atoms. The highest BCUT2D eigenvalue weighted by molar-refractivity contribution is 6.16. The van der Waals surface area contributed by atoms with E-state index in [2.05, 4.69) is 12.7 Å². The van der Waals surface area contributed by atoms with Gasteiger partial charge >= 0.3 is 0 Å². The van der Waals surface area contributed by atoms with Gasteiger partial charge in [0.15, 0.2) is 0 Å². The van der Waals surface area contributed by atoms with E-state index in [0.717, 1.165) is 12.8 Å². The lowest BCUT2D eigenvalue weighted by Gasteiger charge is -1.91. The maximum Gasteiger partial charge on any atom is 0.102 e. The van der Waals surface area contributed by atoms with Crippen LogP contribution in [0.3, 0.4) is 0 Å². The van der Waals surface area contributed by atoms with Gasteiger partial charge in [-0.1, -0.05) is 30.9 Å². The smallest absolute Gasteiger partial charge is 0.102 e. The zero-order chi connectivity index (χ0) is 8.36. The van der Waals surface area contributed by atoms with Crippen molar-refractivity contribution in [3.8, 4) is 0 Å². The van der Waals surface area contributed by atoms with E-state index in [1.165, 1.54) is 12.8 Å². The second-order valence-electron chi connectivity index (χ2n) is 2.38. The summed E-state index contributed by atoms with van der Waals surface area (Å²) >= 11 is 0. The Morgan fingerprint density at radius 1 is 1.09 bits per heavy atom. The van der Waals surface area contributed by atoms with Crippen LogP contribution in [0.15, 0.2) is 36.9 Å². The molecule has 0 rings (SSSR count). The quantitative estimate of drug-likeness (QED) is 0.307. The molecule has 0 amide bonds. The molecule has 11 heavy (non-hydrogen) atoms. The summed E-state index contributed by atoms with van der Waals surface area (Å²) in [6.07, 6.45) is 12.6. The van der Waals surface area contributed by atoms with E-state index in [-0.39, 0.29) is 0 Å². The van der Waals surface area contributed by atoms with E-state index in [0.29, 0.717) is 0 Å². The number of hydrogen-bond acceptors (Lipinski definition) is 0. The maximum atomic E-state index is 5.18. The first-order valence-electron chi connectivity index (χ1n) is 4.06. The summed E-state index contributed by atoms with van der Waals surface area (Å²) in [4.78, 5) is 0. The number of hydrogen-bond donors (Lipinski definition) is 0. The molecule has 58 valence electrons. The monoisotopic (exact) mass is 146 g/mol. The molecule has 0 aliphatic heterocycles. The van der Waals surface area contributed by atoms with E-state index < -0.39 is 0 Å². The van der Waals surface area contributed by atoms with Crippen LogP contribution >= 0.6 is 0 Å². The molecule has 0 aromatic carbocycles. The van der Waals surface area contributed by atoms with Gasteiger partial charge in [0, 0.05) is 0 Å². The largest absolute Gasteiger partial charge is 0.135 e. The van der Waals surface area contributed by atoms with E-state index in [4.69, 9.17) is 7.85 Å². The van der Waals surface area contributed by atoms with Crippen molar-refractivity contribution in [2.75, 3.05) is 0 Å². The highest BCUT2D eigenvalue weighted by atomic mass is 13.9. The molecule has 0 aromatic rings. The lowest BCUT2D eigenvalue weighted by atomic mass is 10.1. The second kappa shape index (κ2) is 9.28. The molecule has 0 atom stereocenters. The van der Waals surface area contributed by atoms with Crippen molar-refractivity contribution in [3.63, 3.8) is 0 Å². The summed E-state index contributed by atoms with van der Waals surface area (Å²) in [6, 6.07) is 0. The SMILES string of the molecule is [B]C=CCCCCC=CC=C. The van der Waals surface area contributed by atoms with Crippen LogP contribution in [0.1, 0.15) is 25.7 Å². The van der Waals surface area contributed by atoms with Gasteiger partial charge in [-0.3, -0.25) is 0 Å². The van der Waals surface area contributed by atoms with Gasteiger partial charge in [0.2, 0.25) is 0 Å². The Labute approximate surface area is 71.1 Å². The molecule has 0 fully saturated rings. The van der Waals surface area contributed by atoms with Crippen LogP contribution in [0.2, 0.25) is 0 Å². The average Bonchev–Trinajstić information content (AvgIpc) is 2.03. The van der Waals surface area contributed by atoms with E-state index in [1.807, 2.05) is 12.2 Å². The van der Waals surface area contributed by atoms with Gasteiger partial charge in [0.05, 0.1) is 0 Å². The summed E-state index contributed by atoms with van der Waals surface area (Å²) in [5.74, 6) is 1.61. The Hall–Kier alpha value is -0.715. The third-order valence-electron chi connectivity index (χ3n) is 1.40. The minimum atomic E-state index is 1.10. The molecule has 1 heteroatoms. The van der Waals surface area contributed by atoms with Gasteiger partial charge in [0.25, 0.3) is 0 Å². The Bertz CT molecular complexity index is 134. The van der Waals surface area contributed by atoms with Crippen LogP contribution in [0.25, 0.3) is 0 Å². The van der Waals surface area contributed by atoms with Crippen LogP contribution in [0, 0.1) is 0 Å². The van der Waals surface area contributed by atoms with Crippen molar-refractivity contribution in [1.82, 2.24) is 0 Å². The molecule has 0 unspecified atom stereocenters. The first-order chi connectivity index (χ1) is 5.41. The van der Waals surface area contributed by atoms with Gasteiger partial charge in [-0.2, -0.15) is 0 Å². The Morgan fingerprint density at radius 2 is 1.73 bits per heavy atom. The topological polar surface area (TPSA) is 0 Å². The maximum absolute atomic E-state index is 5.18. The van der Waals surface area contributed by atoms with Crippen molar-refractivity contribution in [2.45, 2.75) is 25.7 Å². The first-order valence-corrected chi connectivity index (χ1v) is 4.06. The van der Waals surface area contributed by atoms with Crippen molar-refractivity contribution in [3.05, 3.63) is 36.9 Å². The molecule has 0 aromatic heterocycles. The van der Waals surface area contributed by atoms with Crippen molar-refractivity contribution in [1.29, 1.82) is 0 Å². The first kappa shape index (κ1) is 10.3. The van der Waals surface area contributed by atoms with Crippen molar-refractivity contribution >= 4 is 7.85 Å². The zero-order valence-electron chi connectivity index (χ0n) is 7.00. The summed E-state index contributed by atoms with van der Waals surface area (Å²) < 4.78 is 0. The fraction of sp³-hybridized carbons (Fsp3) is 0.400. The predicted octanol–water partition coefficient (Wildman–Crippen LogP) is 2.97. The molecule has 2 radical (unpaired) electrons. The fourth-order valence-electron chi connectivity index (χ4n) is 0.813. The summed E-state index contributed by atoms with van der Waals surface area (Å²) in [7, 11) is 5.18. The molecule has 0 nitrogen and oxygen atoms in total. The Morgan fingerprint density at radius 3 is 2.27 bits per heavy atom. The van der Waals surface area contributed by atoms with E-state index in [1.54, 1.807) is 12.1 Å². The van der Waals surface area contributed by atoms with Gasteiger partial charge < -0.3 is 0 Å². The van der Waals surface area contributed by atoms with E-state index in [9.17, 15) is 0 Å². The lowest BCUT2D eigenvalue weighted by Crippen LogP contribution is -1.71. The van der Waals surface area contributed by atoms with E-state index >= 15 is 0 Å². The number of rotatable bonds is 6. The van der Waals surface area contributed by atoms with Crippen LogP contribution in [0.5, 0.6) is 0 Å². The summed E-state index contributed by atoms with van der Waals surface area (Å²) in [5.41, 5.74) is 0. The van der Waals surface area contributed by atoms with Crippen molar-refractivity contribution in [2.24, 2.45) is 0 Å². The van der Waals surface area contributed by atoms with Crippen molar-refractivity contribution < 1.29 is 0 Å². The predicted molar refractivity (Wildman–Crippen MR) is 52.7 cm³/mol. The van der Waals surface area contributed by atoms with Crippen LogP contribution in [-0.2, 0) is 0 Å². The summed E-state index contributed by atoms with van der Waals surface area (Å²) in [5, 5.41) is 0. The van der Waals surface area contributed by atoms with Crippen LogP contribution in [-0.4, -0.2) is 7.85 Å². The highest BCUT2D eigenvalue weighted by Gasteiger charge is 1.81. The lowest BCUT2D eigenvalue weighted by molar-refractivity contribution is 0.762. The Balaban J connectivity index is 3.02. The molecule has 0 saturated heterocycles. The molecule has 0 spiro atoms. The minimum absolute atomic E-state index is 1.10. The van der Waals surface area contributed by atoms with Gasteiger partial charge in [0.1, 0.15) is 7.85 Å². The molecule has 0 N–H and O–H groups in total. The fourth-order valence-corrected chi connectivity index (χ4v) is 0.813. The second-order valence-corrected chi connectivity index (χ2v) is 2.38. The molecule has 0 aliphatic carbocycles. The van der Waals surface area contributed by atoms with Crippen LogP contribution in [0.4, 0.5) is 0 Å². The average molecular weight is 146 g/mol. The number of allylic oxidation sites excluding steroid dienone is 4. The highest BCUT2D eigenvalue weighted by Crippen LogP contribution is 2.00. The molecule has 0 saturated carbocycles. The van der Waals surface area contributed by atoms with Gasteiger partial charge in [-0.25, -0.2) is 0 Å².